The van der Waals surface area contributed by atoms with Crippen LogP contribution in [0, 0.1) is 21.4 Å². The van der Waals surface area contributed by atoms with Gasteiger partial charge in [0.1, 0.15) is 0 Å². The number of aromatic nitrogens is 1. The van der Waals surface area contributed by atoms with Crippen LogP contribution in [0.2, 0.25) is 0 Å². The van der Waals surface area contributed by atoms with E-state index < -0.39 is 23.4 Å². The Bertz CT molecular complexity index is 1670. The summed E-state index contributed by atoms with van der Waals surface area (Å²) in [5.41, 5.74) is 5.14. The van der Waals surface area contributed by atoms with Gasteiger partial charge in [-0.3, -0.25) is 14.9 Å². The molecule has 192 valence electrons. The lowest BCUT2D eigenvalue weighted by Gasteiger charge is -2.22. The van der Waals surface area contributed by atoms with Gasteiger partial charge < -0.3 is 10.1 Å². The van der Waals surface area contributed by atoms with Crippen LogP contribution >= 0.6 is 0 Å². The highest BCUT2D eigenvalue weighted by atomic mass is 16.6. The van der Waals surface area contributed by atoms with E-state index in [1.165, 1.54) is 12.1 Å². The van der Waals surface area contributed by atoms with Gasteiger partial charge in [0.15, 0.2) is 6.61 Å². The molecule has 9 nitrogen and oxygen atoms in total. The van der Waals surface area contributed by atoms with Crippen LogP contribution < -0.4 is 5.32 Å². The predicted molar refractivity (Wildman–Crippen MR) is 146 cm³/mol. The fourth-order valence-electron chi connectivity index (χ4n) is 4.63. The van der Waals surface area contributed by atoms with Crippen LogP contribution in [0.15, 0.2) is 72.8 Å². The van der Waals surface area contributed by atoms with Crippen LogP contribution in [0.1, 0.15) is 45.6 Å². The summed E-state index contributed by atoms with van der Waals surface area (Å²) in [6.07, 6.45) is 4.07. The number of amides is 1. The number of nitro benzene ring substituents is 1. The topological polar surface area (TPSA) is 135 Å². The fraction of sp³-hybridized carbons (Fsp3) is 0.133. The third-order valence-electron chi connectivity index (χ3n) is 6.45. The number of nitriles is 1. The maximum absolute atomic E-state index is 13.4. The number of pyridine rings is 1. The van der Waals surface area contributed by atoms with E-state index in [4.69, 9.17) is 15.0 Å². The van der Waals surface area contributed by atoms with Crippen LogP contribution in [0.3, 0.4) is 0 Å². The molecule has 0 aliphatic heterocycles. The number of esters is 1. The number of rotatable bonds is 6. The van der Waals surface area contributed by atoms with Crippen LogP contribution in [0.25, 0.3) is 22.6 Å². The lowest BCUT2D eigenvalue weighted by atomic mass is 9.86. The van der Waals surface area contributed by atoms with Gasteiger partial charge in [-0.15, -0.1) is 0 Å². The summed E-state index contributed by atoms with van der Waals surface area (Å²) in [6.45, 7) is -0.476. The summed E-state index contributed by atoms with van der Waals surface area (Å²) in [5, 5.41) is 23.2. The summed E-state index contributed by atoms with van der Waals surface area (Å²) in [7, 11) is 0. The number of carbonyl (C=O) groups excluding carboxylic acids is 2. The molecule has 0 bridgehead atoms. The first kappa shape index (κ1) is 25.3. The zero-order chi connectivity index (χ0) is 27.4. The second kappa shape index (κ2) is 10.9. The molecule has 4 aromatic rings. The van der Waals surface area contributed by atoms with Crippen molar-refractivity contribution >= 4 is 45.8 Å². The molecule has 1 heterocycles. The predicted octanol–water partition coefficient (Wildman–Crippen LogP) is 5.69. The lowest BCUT2D eigenvalue weighted by molar-refractivity contribution is -0.384. The molecule has 0 radical (unpaired) electrons. The number of nitro groups is 1. The lowest BCUT2D eigenvalue weighted by Crippen LogP contribution is -2.22. The molecule has 1 amide bonds. The summed E-state index contributed by atoms with van der Waals surface area (Å²) in [5.74, 6) is -1.12. The third kappa shape index (κ3) is 5.50. The van der Waals surface area contributed by atoms with E-state index in [1.807, 2.05) is 36.4 Å². The fourth-order valence-corrected chi connectivity index (χ4v) is 4.63. The molecule has 1 aliphatic rings. The first-order valence-electron chi connectivity index (χ1n) is 12.3. The van der Waals surface area contributed by atoms with Gasteiger partial charge in [-0.2, -0.15) is 5.26 Å². The first-order chi connectivity index (χ1) is 18.9. The number of nitrogens with one attached hydrogen (secondary N) is 1. The normalized spacial score (nSPS) is 13.4. The minimum atomic E-state index is -0.614. The van der Waals surface area contributed by atoms with E-state index in [0.717, 1.165) is 29.5 Å². The van der Waals surface area contributed by atoms with Gasteiger partial charge in [-0.05, 0) is 84.5 Å². The monoisotopic (exact) mass is 518 g/mol. The smallest absolute Gasteiger partial charge is 0.339 e. The van der Waals surface area contributed by atoms with Gasteiger partial charge in [-0.25, -0.2) is 9.78 Å². The summed E-state index contributed by atoms with van der Waals surface area (Å²) in [6, 6.07) is 21.9. The van der Waals surface area contributed by atoms with Gasteiger partial charge in [-0.1, -0.05) is 18.2 Å². The van der Waals surface area contributed by atoms with Crippen molar-refractivity contribution in [2.75, 3.05) is 11.9 Å². The molecule has 0 unspecified atom stereocenters. The van der Waals surface area contributed by atoms with Crippen molar-refractivity contribution < 1.29 is 19.2 Å². The van der Waals surface area contributed by atoms with Crippen molar-refractivity contribution in [1.29, 1.82) is 5.26 Å². The number of ether oxygens (including phenoxy) is 1. The number of hydrogen-bond donors (Lipinski definition) is 1. The minimum Gasteiger partial charge on any atom is -0.452 e. The van der Waals surface area contributed by atoms with Crippen molar-refractivity contribution in [2.24, 2.45) is 0 Å². The van der Waals surface area contributed by atoms with E-state index in [-0.39, 0.29) is 5.69 Å². The average molecular weight is 519 g/mol. The molecule has 1 aliphatic carbocycles. The third-order valence-corrected chi connectivity index (χ3v) is 6.45. The van der Waals surface area contributed by atoms with Crippen molar-refractivity contribution in [2.45, 2.75) is 19.3 Å². The maximum atomic E-state index is 13.4. The van der Waals surface area contributed by atoms with Crippen LogP contribution in [-0.4, -0.2) is 28.4 Å². The molecule has 0 spiro atoms. The molecule has 1 N–H and O–H groups in total. The Morgan fingerprint density at radius 3 is 2.51 bits per heavy atom. The quantitative estimate of drug-likeness (QED) is 0.197. The second-order valence-electron chi connectivity index (χ2n) is 9.02. The van der Waals surface area contributed by atoms with Crippen LogP contribution in [0.5, 0.6) is 0 Å². The Labute approximate surface area is 223 Å². The number of allylic oxidation sites excluding steroid dienone is 1. The van der Waals surface area contributed by atoms with Crippen LogP contribution in [0.4, 0.5) is 11.4 Å². The molecular weight excluding hydrogens is 496 g/mol. The number of fused-ring (bicyclic) bond motifs is 2. The second-order valence-corrected chi connectivity index (χ2v) is 9.02. The molecule has 9 heteroatoms. The van der Waals surface area contributed by atoms with Gasteiger partial charge in [0.25, 0.3) is 11.6 Å². The maximum Gasteiger partial charge on any atom is 0.339 e. The SMILES string of the molecule is N#Cc1ccc(NC(=O)COC(=O)c2c3c(nc4ccccc24)/C(=C/c2ccc([N+](=O)[O-])cc2)CCC3)cc1. The van der Waals surface area contributed by atoms with Gasteiger partial charge >= 0.3 is 5.97 Å². The number of para-hydroxylation sites is 1. The van der Waals surface area contributed by atoms with E-state index in [1.54, 1.807) is 36.4 Å². The Kier molecular flexibility index (Phi) is 7.10. The summed E-state index contributed by atoms with van der Waals surface area (Å²) >= 11 is 0. The van der Waals surface area contributed by atoms with E-state index in [0.29, 0.717) is 39.8 Å². The molecule has 39 heavy (non-hydrogen) atoms. The van der Waals surface area contributed by atoms with E-state index in [2.05, 4.69) is 5.32 Å². The van der Waals surface area contributed by atoms with Gasteiger partial charge in [0.05, 0.1) is 33.3 Å². The molecule has 0 saturated heterocycles. The Morgan fingerprint density at radius 2 is 1.79 bits per heavy atom. The van der Waals surface area contributed by atoms with Gasteiger partial charge in [0.2, 0.25) is 0 Å². The number of anilines is 1. The summed E-state index contributed by atoms with van der Waals surface area (Å²) < 4.78 is 5.46. The number of non-ortho nitro benzene ring substituents is 1. The highest BCUT2D eigenvalue weighted by molar-refractivity contribution is 6.07. The zero-order valence-corrected chi connectivity index (χ0v) is 20.7. The highest BCUT2D eigenvalue weighted by Gasteiger charge is 2.26. The Morgan fingerprint density at radius 1 is 1.05 bits per heavy atom. The van der Waals surface area contributed by atoms with Crippen molar-refractivity contribution in [1.82, 2.24) is 4.98 Å². The molecule has 0 saturated carbocycles. The average Bonchev–Trinajstić information content (AvgIpc) is 2.95. The van der Waals surface area contributed by atoms with Crippen molar-refractivity contribution in [3.8, 4) is 6.07 Å². The van der Waals surface area contributed by atoms with Crippen molar-refractivity contribution in [3.63, 3.8) is 0 Å². The molecule has 1 aromatic heterocycles. The Hall–Kier alpha value is -5.36. The zero-order valence-electron chi connectivity index (χ0n) is 20.7. The molecule has 3 aromatic carbocycles. The largest absolute Gasteiger partial charge is 0.452 e. The van der Waals surface area contributed by atoms with Gasteiger partial charge in [0, 0.05) is 23.2 Å². The molecule has 5 rings (SSSR count). The number of benzene rings is 3. The van der Waals surface area contributed by atoms with Crippen molar-refractivity contribution in [3.05, 3.63) is 111 Å². The first-order valence-corrected chi connectivity index (χ1v) is 12.3. The summed E-state index contributed by atoms with van der Waals surface area (Å²) in [4.78, 5) is 41.3. The molecular formula is C30H22N4O5. The standard InChI is InChI=1S/C30H22N4O5/c31-17-20-8-12-22(13-9-20)32-27(35)18-39-30(36)28-24-5-1-2-7-26(24)33-29-21(4-3-6-25(28)29)16-19-10-14-23(15-11-19)34(37)38/h1-2,5,7-16H,3-4,6,18H2,(H,32,35)/b21-16+. The van der Waals surface area contributed by atoms with Crippen LogP contribution in [-0.2, 0) is 16.0 Å². The Balaban J connectivity index is 1.43. The molecule has 0 fully saturated rings. The molecule has 0 atom stereocenters. The van der Waals surface area contributed by atoms with E-state index in [9.17, 15) is 19.7 Å². The minimum absolute atomic E-state index is 0.0126. The van der Waals surface area contributed by atoms with E-state index >= 15 is 0 Å². The highest BCUT2D eigenvalue weighted by Crippen LogP contribution is 2.36. The number of carbonyl (C=O) groups is 2. The number of hydrogen-bond acceptors (Lipinski definition) is 7. The number of nitrogens with zero attached hydrogens (tertiary/aromatic N) is 3.